The maximum Gasteiger partial charge on any atom is 0.267 e. The van der Waals surface area contributed by atoms with Crippen LogP contribution >= 0.6 is 26.7 Å². The highest BCUT2D eigenvalue weighted by molar-refractivity contribution is 9.10. The van der Waals surface area contributed by atoms with Gasteiger partial charge in [0.2, 0.25) is 6.41 Å². The van der Waals surface area contributed by atoms with Crippen LogP contribution in [-0.2, 0) is 20.9 Å². The van der Waals surface area contributed by atoms with E-state index in [1.165, 1.54) is 30.3 Å². The van der Waals surface area contributed by atoms with Crippen LogP contribution in [0.4, 0.5) is 3.89 Å². The van der Waals surface area contributed by atoms with Gasteiger partial charge in [-0.3, -0.25) is 19.1 Å². The maximum absolute atomic E-state index is 16.2. The highest BCUT2D eigenvalue weighted by Crippen LogP contribution is 2.65. The molecule has 154 valence electrons. The summed E-state index contributed by atoms with van der Waals surface area (Å²) in [6, 6.07) is 7.33. The third-order valence-electron chi connectivity index (χ3n) is 4.18. The largest absolute Gasteiger partial charge is 0.344 e. The Bertz CT molecular complexity index is 820. The summed E-state index contributed by atoms with van der Waals surface area (Å²) in [5.74, 6) is -0.562. The number of hydrogen-bond acceptors (Lipinski definition) is 5. The molecule has 10 heteroatoms. The molecule has 0 aromatic heterocycles. The van der Waals surface area contributed by atoms with Crippen molar-refractivity contribution in [3.63, 3.8) is 0 Å². The van der Waals surface area contributed by atoms with Gasteiger partial charge < -0.3 is 9.80 Å². The lowest BCUT2D eigenvalue weighted by Crippen LogP contribution is -2.51. The quantitative estimate of drug-likeness (QED) is 0.557. The van der Waals surface area contributed by atoms with Crippen molar-refractivity contribution in [3.05, 3.63) is 45.0 Å². The number of carbonyl (C=O) groups excluding carboxylic acids is 3. The van der Waals surface area contributed by atoms with E-state index in [4.69, 9.17) is 0 Å². The molecule has 2 amide bonds. The predicted molar refractivity (Wildman–Crippen MR) is 111 cm³/mol. The van der Waals surface area contributed by atoms with Crippen LogP contribution in [0.5, 0.6) is 0 Å². The second kappa shape index (κ2) is 9.06. The summed E-state index contributed by atoms with van der Waals surface area (Å²) in [4.78, 5) is 38.2. The molecule has 0 bridgehead atoms. The third-order valence-corrected chi connectivity index (χ3v) is 7.02. The molecule has 1 heterocycles. The first kappa shape index (κ1) is 22.4. The first-order valence-corrected chi connectivity index (χ1v) is 10.9. The second-order valence-corrected chi connectivity index (χ2v) is 9.58. The number of amides is 2. The Morgan fingerprint density at radius 1 is 1.29 bits per heavy atom. The maximum atomic E-state index is 16.2. The minimum absolute atomic E-state index is 0.119. The van der Waals surface area contributed by atoms with Gasteiger partial charge in [-0.15, -0.1) is 3.89 Å². The summed E-state index contributed by atoms with van der Waals surface area (Å²) >= 11 is 3.39. The van der Waals surface area contributed by atoms with Gasteiger partial charge in [-0.05, 0) is 17.7 Å². The molecular formula is C18H24BrFN4O3S. The van der Waals surface area contributed by atoms with Gasteiger partial charge in [0.15, 0.2) is 4.91 Å². The number of ketones is 1. The average Bonchev–Trinajstić information content (AvgIpc) is 2.64. The minimum Gasteiger partial charge on any atom is -0.344 e. The van der Waals surface area contributed by atoms with Gasteiger partial charge in [-0.2, -0.15) is 0 Å². The first-order chi connectivity index (χ1) is 13.1. The Kier molecular flexibility index (Phi) is 7.24. The number of likely N-dealkylation sites (N-methyl/N-ethyl adjacent to an activating group) is 1. The molecule has 1 aromatic carbocycles. The fourth-order valence-corrected chi connectivity index (χ4v) is 5.39. The van der Waals surface area contributed by atoms with E-state index in [0.717, 1.165) is 14.9 Å². The molecule has 2 rings (SSSR count). The van der Waals surface area contributed by atoms with E-state index in [1.807, 2.05) is 24.3 Å². The smallest absolute Gasteiger partial charge is 0.267 e. The molecule has 1 aliphatic rings. The Labute approximate surface area is 174 Å². The highest BCUT2D eigenvalue weighted by atomic mass is 79.9. The zero-order valence-electron chi connectivity index (χ0n) is 16.2. The van der Waals surface area contributed by atoms with E-state index < -0.39 is 16.7 Å². The number of nitrogens with one attached hydrogen (secondary N) is 1. The minimum atomic E-state index is -3.45. The lowest BCUT2D eigenvalue weighted by atomic mass is 10.2. The number of rotatable bonds is 9. The van der Waals surface area contributed by atoms with Crippen molar-refractivity contribution in [2.24, 2.45) is 0 Å². The predicted octanol–water partition coefficient (Wildman–Crippen LogP) is 2.70. The standard InChI is InChI=1S/C18H24BrFN4O3S/c1-5-15(26)11-24(10-13-7-6-8-14(19)9-13)28(20)16(18(27)22(2)3)17(21-28)23(4)12-25/h6-9,12,21H,5,10-11H2,1-4H3. The number of carbonyl (C=O) groups is 3. The van der Waals surface area contributed by atoms with Gasteiger partial charge in [0.1, 0.15) is 11.6 Å². The summed E-state index contributed by atoms with van der Waals surface area (Å²) < 4.78 is 21.0. The fraction of sp³-hybridized carbons (Fsp3) is 0.389. The zero-order valence-corrected chi connectivity index (χ0v) is 18.6. The molecule has 0 radical (unpaired) electrons. The van der Waals surface area contributed by atoms with E-state index in [1.54, 1.807) is 6.92 Å². The van der Waals surface area contributed by atoms with Crippen LogP contribution in [0.2, 0.25) is 0 Å². The molecule has 28 heavy (non-hydrogen) atoms. The molecule has 0 saturated carbocycles. The van der Waals surface area contributed by atoms with Gasteiger partial charge >= 0.3 is 0 Å². The van der Waals surface area contributed by atoms with Crippen LogP contribution < -0.4 is 4.72 Å². The Balaban J connectivity index is 2.47. The van der Waals surface area contributed by atoms with Gasteiger partial charge in [-0.1, -0.05) is 35.0 Å². The summed E-state index contributed by atoms with van der Waals surface area (Å²) in [5.41, 5.74) is 0.790. The normalized spacial score (nSPS) is 20.7. The zero-order chi connectivity index (χ0) is 21.1. The fourth-order valence-electron chi connectivity index (χ4n) is 2.59. The second-order valence-electron chi connectivity index (χ2n) is 6.52. The Morgan fingerprint density at radius 2 is 1.96 bits per heavy atom. The lowest BCUT2D eigenvalue weighted by Gasteiger charge is -2.51. The molecular weight excluding hydrogens is 451 g/mol. The van der Waals surface area contributed by atoms with Crippen molar-refractivity contribution in [1.29, 1.82) is 0 Å². The molecule has 1 unspecified atom stereocenters. The molecule has 0 fully saturated rings. The first-order valence-electron chi connectivity index (χ1n) is 8.60. The Hall–Kier alpha value is -1.91. The van der Waals surface area contributed by atoms with Crippen molar-refractivity contribution in [2.45, 2.75) is 19.9 Å². The van der Waals surface area contributed by atoms with Crippen LogP contribution in [0, 0.1) is 0 Å². The van der Waals surface area contributed by atoms with Gasteiger partial charge in [0.05, 0.1) is 17.3 Å². The van der Waals surface area contributed by atoms with Crippen LogP contribution in [0.3, 0.4) is 0 Å². The molecule has 1 atom stereocenters. The van der Waals surface area contributed by atoms with Gasteiger partial charge in [0.25, 0.3) is 5.91 Å². The highest BCUT2D eigenvalue weighted by Gasteiger charge is 2.51. The van der Waals surface area contributed by atoms with E-state index >= 15 is 3.89 Å². The van der Waals surface area contributed by atoms with Gasteiger partial charge in [-0.25, -0.2) is 4.31 Å². The summed E-state index contributed by atoms with van der Waals surface area (Å²) in [5, 5.41) is 0. The summed E-state index contributed by atoms with van der Waals surface area (Å²) in [6.45, 7) is 1.69. The monoisotopic (exact) mass is 474 g/mol. The molecule has 1 aromatic rings. The van der Waals surface area contributed by atoms with Crippen molar-refractivity contribution >= 4 is 44.8 Å². The number of nitrogens with zero attached hydrogens (tertiary/aromatic N) is 3. The molecule has 0 aliphatic carbocycles. The SMILES string of the molecule is CCC(=O)CN(Cc1cccc(Br)c1)S1(F)NC(N(C)C=O)=C1C(=O)N(C)C. The number of Topliss-reactive ketones (excluding diaryl/α,β-unsaturated/α-hetero) is 1. The molecule has 1 N–H and O–H groups in total. The third kappa shape index (κ3) is 4.56. The van der Waals surface area contributed by atoms with Gasteiger partial charge in [0, 0.05) is 38.6 Å². The van der Waals surface area contributed by atoms with E-state index in [0.29, 0.717) is 6.41 Å². The van der Waals surface area contributed by atoms with E-state index in [-0.39, 0.29) is 36.0 Å². The molecule has 7 nitrogen and oxygen atoms in total. The number of hydrogen-bond donors (Lipinski definition) is 1. The van der Waals surface area contributed by atoms with Crippen LogP contribution in [-0.4, -0.2) is 59.9 Å². The summed E-state index contributed by atoms with van der Waals surface area (Å²) in [7, 11) is 1.02. The average molecular weight is 475 g/mol. The van der Waals surface area contributed by atoms with Crippen LogP contribution in [0.1, 0.15) is 18.9 Å². The van der Waals surface area contributed by atoms with Crippen molar-refractivity contribution in [2.75, 3.05) is 27.7 Å². The molecule has 0 spiro atoms. The molecule has 0 saturated heterocycles. The number of benzene rings is 1. The van der Waals surface area contributed by atoms with E-state index in [9.17, 15) is 14.4 Å². The number of halogens is 2. The van der Waals surface area contributed by atoms with Crippen molar-refractivity contribution < 1.29 is 18.3 Å². The van der Waals surface area contributed by atoms with Crippen LogP contribution in [0.25, 0.3) is 0 Å². The van der Waals surface area contributed by atoms with Crippen molar-refractivity contribution in [3.8, 4) is 0 Å². The van der Waals surface area contributed by atoms with E-state index in [2.05, 4.69) is 20.7 Å². The van der Waals surface area contributed by atoms with Crippen molar-refractivity contribution in [1.82, 2.24) is 18.8 Å². The lowest BCUT2D eigenvalue weighted by molar-refractivity contribution is -0.124. The van der Waals surface area contributed by atoms with Crippen LogP contribution in [0.15, 0.2) is 39.5 Å². The summed E-state index contributed by atoms with van der Waals surface area (Å²) in [6.07, 6.45) is 0.756. The molecule has 1 aliphatic heterocycles. The Morgan fingerprint density at radius 3 is 2.50 bits per heavy atom. The topological polar surface area (TPSA) is 73.0 Å².